The molecule has 3 aliphatic heterocycles. The molecule has 2 aromatic rings. The first-order valence-corrected chi connectivity index (χ1v) is 12.8. The highest BCUT2D eigenvalue weighted by molar-refractivity contribution is 8.21. The second-order valence-corrected chi connectivity index (χ2v) is 10.3. The zero-order valence-corrected chi connectivity index (χ0v) is 20.2. The van der Waals surface area contributed by atoms with Crippen molar-refractivity contribution in [2.45, 2.75) is 32.6 Å². The number of carbonyl (C=O) groups is 2. The van der Waals surface area contributed by atoms with Gasteiger partial charge in [-0.05, 0) is 68.8 Å². The van der Waals surface area contributed by atoms with E-state index in [1.54, 1.807) is 24.2 Å². The summed E-state index contributed by atoms with van der Waals surface area (Å²) in [6.45, 7) is 5.81. The zero-order valence-electron chi connectivity index (χ0n) is 19.4. The molecule has 34 heavy (non-hydrogen) atoms. The molecule has 0 radical (unpaired) electrons. The Labute approximate surface area is 204 Å². The first-order chi connectivity index (χ1) is 16.5. The average molecular weight is 476 g/mol. The molecule has 4 heterocycles. The Hall–Kier alpha value is -2.93. The van der Waals surface area contributed by atoms with Crippen LogP contribution in [0.15, 0.2) is 47.4 Å². The minimum atomic E-state index is -0.101. The molecule has 176 valence electrons. The maximum atomic E-state index is 12.9. The van der Waals surface area contributed by atoms with Gasteiger partial charge in [0.05, 0.1) is 22.7 Å². The van der Waals surface area contributed by atoms with Crippen molar-refractivity contribution >= 4 is 50.1 Å². The van der Waals surface area contributed by atoms with E-state index in [-0.39, 0.29) is 17.7 Å². The Balaban J connectivity index is 1.20. The number of thioether (sulfide) groups is 1. The number of likely N-dealkylation sites (tertiary alicyclic amines) is 2. The third-order valence-corrected chi connectivity index (χ3v) is 7.66. The van der Waals surface area contributed by atoms with Crippen molar-refractivity contribution in [3.63, 3.8) is 0 Å². The summed E-state index contributed by atoms with van der Waals surface area (Å²) in [7, 11) is 0. The van der Waals surface area contributed by atoms with Crippen LogP contribution in [0.4, 0.5) is 5.82 Å². The number of aromatic nitrogens is 1. The standard InChI is InChI=1S/C26H29N5O2S/c1-18-27-9-6-23(34-18)20-4-5-21-16-28-24(15-22(21)14-20)29-26(33)19-7-12-31(13-8-19)25(32)17-30-10-2-3-11-30/h4-5,9,14-16,19H,2-3,7-8,10-13,17H2,1H3,(H,28,29,33). The molecular formula is C26H29N5O2S. The minimum Gasteiger partial charge on any atom is -0.342 e. The number of amides is 2. The van der Waals surface area contributed by atoms with Crippen LogP contribution < -0.4 is 5.32 Å². The highest BCUT2D eigenvalue weighted by Gasteiger charge is 2.28. The van der Waals surface area contributed by atoms with E-state index in [1.807, 2.05) is 24.0 Å². The van der Waals surface area contributed by atoms with Gasteiger partial charge in [-0.15, -0.1) is 0 Å². The predicted octanol–water partition coefficient (Wildman–Crippen LogP) is 4.13. The number of carbonyl (C=O) groups excluding carboxylic acids is 2. The molecule has 2 amide bonds. The molecular weight excluding hydrogens is 446 g/mol. The number of pyridine rings is 1. The zero-order chi connectivity index (χ0) is 23.5. The third-order valence-electron chi connectivity index (χ3n) is 6.70. The lowest BCUT2D eigenvalue weighted by Crippen LogP contribution is -2.45. The summed E-state index contributed by atoms with van der Waals surface area (Å²) in [6.07, 6.45) is 7.24. The molecule has 0 atom stereocenters. The summed E-state index contributed by atoms with van der Waals surface area (Å²) in [6, 6.07) is 8.11. The number of hydrogen-bond acceptors (Lipinski definition) is 6. The molecule has 7 nitrogen and oxygen atoms in total. The van der Waals surface area contributed by atoms with Gasteiger partial charge in [0.2, 0.25) is 11.8 Å². The van der Waals surface area contributed by atoms with Crippen molar-refractivity contribution < 1.29 is 9.59 Å². The van der Waals surface area contributed by atoms with Crippen molar-refractivity contribution in [2.75, 3.05) is 38.0 Å². The number of nitrogens with one attached hydrogen (secondary N) is 1. The minimum absolute atomic E-state index is 0.0186. The third kappa shape index (κ3) is 5.25. The molecule has 2 saturated heterocycles. The Kier molecular flexibility index (Phi) is 6.81. The fourth-order valence-electron chi connectivity index (χ4n) is 4.73. The van der Waals surface area contributed by atoms with Gasteiger partial charge in [-0.25, -0.2) is 9.98 Å². The number of nitrogens with zero attached hydrogens (tertiary/aromatic N) is 4. The van der Waals surface area contributed by atoms with Crippen LogP contribution >= 0.6 is 11.8 Å². The lowest BCUT2D eigenvalue weighted by Gasteiger charge is -2.32. The van der Waals surface area contributed by atoms with E-state index in [4.69, 9.17) is 0 Å². The molecule has 1 N–H and O–H groups in total. The van der Waals surface area contributed by atoms with Crippen LogP contribution in [-0.4, -0.2) is 64.4 Å². The Bertz CT molecular complexity index is 1200. The molecule has 1 aromatic carbocycles. The molecule has 8 heteroatoms. The fourth-order valence-corrected chi connectivity index (χ4v) is 5.49. The van der Waals surface area contributed by atoms with Gasteiger partial charge in [-0.2, -0.15) is 0 Å². The molecule has 3 aliphatic rings. The quantitative estimate of drug-likeness (QED) is 0.658. The average Bonchev–Trinajstić information content (AvgIpc) is 3.36. The van der Waals surface area contributed by atoms with Crippen LogP contribution in [0.3, 0.4) is 0 Å². The summed E-state index contributed by atoms with van der Waals surface area (Å²) >= 11 is 1.60. The molecule has 1 aromatic heterocycles. The highest BCUT2D eigenvalue weighted by Crippen LogP contribution is 2.32. The van der Waals surface area contributed by atoms with Gasteiger partial charge in [0.1, 0.15) is 5.82 Å². The van der Waals surface area contributed by atoms with Gasteiger partial charge in [-0.1, -0.05) is 29.6 Å². The largest absolute Gasteiger partial charge is 0.342 e. The van der Waals surface area contributed by atoms with Crippen LogP contribution in [0.1, 0.15) is 38.2 Å². The molecule has 0 bridgehead atoms. The topological polar surface area (TPSA) is 77.9 Å². The van der Waals surface area contributed by atoms with E-state index < -0.39 is 0 Å². The van der Waals surface area contributed by atoms with E-state index in [0.717, 1.165) is 39.4 Å². The number of benzene rings is 1. The van der Waals surface area contributed by atoms with Gasteiger partial charge in [0.15, 0.2) is 0 Å². The molecule has 5 rings (SSSR count). The van der Waals surface area contributed by atoms with Gasteiger partial charge in [0, 0.05) is 30.6 Å². The molecule has 0 spiro atoms. The Morgan fingerprint density at radius 2 is 1.91 bits per heavy atom. The summed E-state index contributed by atoms with van der Waals surface area (Å²) in [4.78, 5) is 39.3. The van der Waals surface area contributed by atoms with Crippen molar-refractivity contribution in [3.05, 3.63) is 48.0 Å². The Morgan fingerprint density at radius 3 is 2.68 bits per heavy atom. The van der Waals surface area contributed by atoms with Crippen molar-refractivity contribution in [1.29, 1.82) is 0 Å². The number of rotatable bonds is 5. The van der Waals surface area contributed by atoms with Gasteiger partial charge in [0.25, 0.3) is 0 Å². The number of fused-ring (bicyclic) bond motifs is 1. The number of hydrogen-bond donors (Lipinski definition) is 1. The maximum absolute atomic E-state index is 12.9. The number of anilines is 1. The second kappa shape index (κ2) is 10.1. The van der Waals surface area contributed by atoms with E-state index >= 15 is 0 Å². The van der Waals surface area contributed by atoms with Gasteiger partial charge >= 0.3 is 0 Å². The van der Waals surface area contributed by atoms with Crippen LogP contribution in [-0.2, 0) is 9.59 Å². The van der Waals surface area contributed by atoms with Crippen LogP contribution in [0.25, 0.3) is 15.7 Å². The van der Waals surface area contributed by atoms with E-state index in [0.29, 0.717) is 38.3 Å². The smallest absolute Gasteiger partial charge is 0.236 e. The summed E-state index contributed by atoms with van der Waals surface area (Å²) in [5, 5.41) is 6.01. The van der Waals surface area contributed by atoms with Gasteiger partial charge in [-0.3, -0.25) is 14.5 Å². The van der Waals surface area contributed by atoms with Crippen molar-refractivity contribution in [2.24, 2.45) is 10.9 Å². The summed E-state index contributed by atoms with van der Waals surface area (Å²) < 4.78 is 0. The lowest BCUT2D eigenvalue weighted by atomic mass is 9.96. The molecule has 0 saturated carbocycles. The van der Waals surface area contributed by atoms with Gasteiger partial charge < -0.3 is 10.2 Å². The summed E-state index contributed by atoms with van der Waals surface area (Å²) in [5.74, 6) is 0.627. The lowest BCUT2D eigenvalue weighted by molar-refractivity contribution is -0.135. The predicted molar refractivity (Wildman–Crippen MR) is 138 cm³/mol. The van der Waals surface area contributed by atoms with E-state index in [2.05, 4.69) is 38.1 Å². The molecule has 0 aliphatic carbocycles. The maximum Gasteiger partial charge on any atom is 0.236 e. The number of piperidine rings is 1. The monoisotopic (exact) mass is 475 g/mol. The molecule has 0 unspecified atom stereocenters. The SMILES string of the molecule is CC1=NC=C=C(c2ccc3cnc(NC(=O)C4CCN(C(=O)CN5CCCC5)CC4)cc3c2)S1. The van der Waals surface area contributed by atoms with E-state index in [1.165, 1.54) is 12.8 Å². The fraction of sp³-hybridized carbons (Fsp3) is 0.423. The van der Waals surface area contributed by atoms with Crippen LogP contribution in [0.5, 0.6) is 0 Å². The van der Waals surface area contributed by atoms with Crippen LogP contribution in [0.2, 0.25) is 0 Å². The van der Waals surface area contributed by atoms with Crippen LogP contribution in [0, 0.1) is 5.92 Å². The first kappa shape index (κ1) is 22.8. The second-order valence-electron chi connectivity index (χ2n) is 9.11. The molecule has 2 fully saturated rings. The summed E-state index contributed by atoms with van der Waals surface area (Å²) in [5.41, 5.74) is 4.27. The highest BCUT2D eigenvalue weighted by atomic mass is 32.2. The van der Waals surface area contributed by atoms with E-state index in [9.17, 15) is 9.59 Å². The normalized spacial score (nSPS) is 19.3. The van der Waals surface area contributed by atoms with Crippen molar-refractivity contribution in [3.8, 4) is 0 Å². The first-order valence-electron chi connectivity index (χ1n) is 11.9. The Morgan fingerprint density at radius 1 is 1.12 bits per heavy atom. The van der Waals surface area contributed by atoms with Crippen molar-refractivity contribution in [1.82, 2.24) is 14.8 Å². The number of aliphatic imine (C=N–C) groups is 1.